The van der Waals surface area contributed by atoms with Gasteiger partial charge in [0.2, 0.25) is 0 Å². The first-order chi connectivity index (χ1) is 9.26. The van der Waals surface area contributed by atoms with Crippen LogP contribution in [0.2, 0.25) is 0 Å². The molecule has 2 aliphatic rings. The maximum absolute atomic E-state index is 8.82. The largest absolute Gasteiger partial charge is 0.299 e. The Balaban J connectivity index is 1.65. The van der Waals surface area contributed by atoms with Crippen molar-refractivity contribution in [2.24, 2.45) is 0 Å². The minimum Gasteiger partial charge on any atom is -0.299 e. The first-order valence-electron chi connectivity index (χ1n) is 7.19. The van der Waals surface area contributed by atoms with E-state index in [1.807, 2.05) is 12.1 Å². The maximum atomic E-state index is 8.82. The predicted octanol–water partition coefficient (Wildman–Crippen LogP) is 2.23. The zero-order valence-corrected chi connectivity index (χ0v) is 11.5. The lowest BCUT2D eigenvalue weighted by atomic mass is 10.1. The summed E-state index contributed by atoms with van der Waals surface area (Å²) in [5, 5.41) is 8.82. The van der Waals surface area contributed by atoms with Crippen molar-refractivity contribution < 1.29 is 0 Å². The molecular weight excluding hydrogens is 234 g/mol. The zero-order chi connectivity index (χ0) is 13.2. The van der Waals surface area contributed by atoms with Crippen LogP contribution >= 0.6 is 0 Å². The fraction of sp³-hybridized carbons (Fsp3) is 0.562. The van der Waals surface area contributed by atoms with Crippen LogP contribution in [0.1, 0.15) is 30.4 Å². The Hall–Kier alpha value is -1.37. The van der Waals surface area contributed by atoms with Gasteiger partial charge >= 0.3 is 0 Å². The smallest absolute Gasteiger partial charge is 0.0991 e. The van der Waals surface area contributed by atoms with E-state index in [1.54, 1.807) is 0 Å². The van der Waals surface area contributed by atoms with Gasteiger partial charge in [-0.05, 0) is 44.0 Å². The third-order valence-electron chi connectivity index (χ3n) is 4.72. The van der Waals surface area contributed by atoms with Crippen molar-refractivity contribution in [2.75, 3.05) is 20.1 Å². The Morgan fingerprint density at radius 2 is 1.89 bits per heavy atom. The van der Waals surface area contributed by atoms with Crippen molar-refractivity contribution in [3.05, 3.63) is 35.4 Å². The summed E-state index contributed by atoms with van der Waals surface area (Å²) in [5.41, 5.74) is 2.07. The van der Waals surface area contributed by atoms with Crippen LogP contribution in [0.25, 0.3) is 0 Å². The predicted molar refractivity (Wildman–Crippen MR) is 75.6 cm³/mol. The summed E-state index contributed by atoms with van der Waals surface area (Å²) < 4.78 is 0. The first kappa shape index (κ1) is 12.7. The average Bonchev–Trinajstić information content (AvgIpc) is 2.68. The van der Waals surface area contributed by atoms with Crippen LogP contribution in [0.15, 0.2) is 24.3 Å². The Labute approximate surface area is 115 Å². The summed E-state index contributed by atoms with van der Waals surface area (Å²) in [4.78, 5) is 5.15. The van der Waals surface area contributed by atoms with Gasteiger partial charge < -0.3 is 0 Å². The van der Waals surface area contributed by atoms with Gasteiger partial charge in [0.05, 0.1) is 11.6 Å². The molecule has 2 aliphatic heterocycles. The molecule has 1 aromatic rings. The van der Waals surface area contributed by atoms with Crippen molar-refractivity contribution in [3.8, 4) is 6.07 Å². The number of fused-ring (bicyclic) bond motifs is 2. The van der Waals surface area contributed by atoms with Crippen LogP contribution in [-0.2, 0) is 6.54 Å². The molecule has 0 saturated carbocycles. The molecule has 0 amide bonds. The van der Waals surface area contributed by atoms with Crippen LogP contribution in [0.4, 0.5) is 0 Å². The van der Waals surface area contributed by atoms with Crippen molar-refractivity contribution in [3.63, 3.8) is 0 Å². The fourth-order valence-corrected chi connectivity index (χ4v) is 3.47. The molecule has 3 rings (SSSR count). The second kappa shape index (κ2) is 5.32. The maximum Gasteiger partial charge on any atom is 0.0991 e. The molecule has 100 valence electrons. The summed E-state index contributed by atoms with van der Waals surface area (Å²) in [6.07, 6.45) is 4.03. The number of nitrogens with zero attached hydrogens (tertiary/aromatic N) is 3. The average molecular weight is 255 g/mol. The van der Waals surface area contributed by atoms with Crippen LogP contribution < -0.4 is 0 Å². The Bertz CT molecular complexity index is 474. The van der Waals surface area contributed by atoms with Crippen LogP contribution in [0.3, 0.4) is 0 Å². The number of rotatable bonds is 2. The molecule has 2 atom stereocenters. The normalized spacial score (nSPS) is 28.0. The third-order valence-corrected chi connectivity index (χ3v) is 4.72. The lowest BCUT2D eigenvalue weighted by Crippen LogP contribution is -2.36. The fourth-order valence-electron chi connectivity index (χ4n) is 3.47. The minimum atomic E-state index is 0.742. The second-order valence-electron chi connectivity index (χ2n) is 5.88. The van der Waals surface area contributed by atoms with E-state index in [-0.39, 0.29) is 0 Å². The minimum absolute atomic E-state index is 0.742. The van der Waals surface area contributed by atoms with Gasteiger partial charge in [-0.15, -0.1) is 0 Å². The quantitative estimate of drug-likeness (QED) is 0.812. The van der Waals surface area contributed by atoms with E-state index in [2.05, 4.69) is 35.0 Å². The molecular formula is C16H21N3. The highest BCUT2D eigenvalue weighted by Crippen LogP contribution is 2.28. The molecule has 0 radical (unpaired) electrons. The molecule has 0 spiro atoms. The Kier molecular flexibility index (Phi) is 3.54. The van der Waals surface area contributed by atoms with Gasteiger partial charge in [-0.1, -0.05) is 12.1 Å². The van der Waals surface area contributed by atoms with Crippen molar-refractivity contribution in [1.29, 1.82) is 5.26 Å². The molecule has 2 fully saturated rings. The summed E-state index contributed by atoms with van der Waals surface area (Å²) in [6, 6.07) is 11.7. The standard InChI is InChI=1S/C16H21N3/c1-18-15-6-7-16(18)12-19(9-8-15)11-14-4-2-13(10-17)3-5-14/h2-5,15-16H,6-9,11-12H2,1H3. The SMILES string of the molecule is CN1C2CCC1CN(Cc1ccc(C#N)cc1)CC2. The Morgan fingerprint density at radius 1 is 1.16 bits per heavy atom. The van der Waals surface area contributed by atoms with Crippen molar-refractivity contribution >= 4 is 0 Å². The number of nitriles is 1. The summed E-state index contributed by atoms with van der Waals surface area (Å²) in [6.45, 7) is 3.40. The van der Waals surface area contributed by atoms with E-state index in [0.717, 1.165) is 24.2 Å². The number of benzene rings is 1. The number of hydrogen-bond acceptors (Lipinski definition) is 3. The van der Waals surface area contributed by atoms with E-state index in [0.29, 0.717) is 0 Å². The van der Waals surface area contributed by atoms with Gasteiger partial charge in [0.1, 0.15) is 0 Å². The molecule has 2 heterocycles. The summed E-state index contributed by atoms with van der Waals surface area (Å²) in [7, 11) is 2.29. The van der Waals surface area contributed by atoms with Gasteiger partial charge in [0, 0.05) is 31.7 Å². The third kappa shape index (κ3) is 2.65. The second-order valence-corrected chi connectivity index (χ2v) is 5.88. The topological polar surface area (TPSA) is 30.3 Å². The molecule has 19 heavy (non-hydrogen) atoms. The molecule has 2 bridgehead atoms. The molecule has 0 aromatic heterocycles. The molecule has 2 unspecified atom stereocenters. The van der Waals surface area contributed by atoms with Gasteiger partial charge in [0.25, 0.3) is 0 Å². The van der Waals surface area contributed by atoms with Crippen LogP contribution in [0.5, 0.6) is 0 Å². The van der Waals surface area contributed by atoms with Crippen LogP contribution in [-0.4, -0.2) is 42.0 Å². The molecule has 0 N–H and O–H groups in total. The number of likely N-dealkylation sites (N-methyl/N-ethyl adjacent to an activating group) is 1. The lowest BCUT2D eigenvalue weighted by molar-refractivity contribution is 0.214. The highest BCUT2D eigenvalue weighted by Gasteiger charge is 2.34. The molecule has 3 nitrogen and oxygen atoms in total. The van der Waals surface area contributed by atoms with Gasteiger partial charge in [0.15, 0.2) is 0 Å². The van der Waals surface area contributed by atoms with Crippen molar-refractivity contribution in [2.45, 2.75) is 37.9 Å². The highest BCUT2D eigenvalue weighted by atomic mass is 15.3. The van der Waals surface area contributed by atoms with E-state index in [1.165, 1.54) is 37.9 Å². The summed E-state index contributed by atoms with van der Waals surface area (Å²) in [5.74, 6) is 0. The van der Waals surface area contributed by atoms with Gasteiger partial charge in [-0.2, -0.15) is 5.26 Å². The monoisotopic (exact) mass is 255 g/mol. The summed E-state index contributed by atoms with van der Waals surface area (Å²) >= 11 is 0. The zero-order valence-electron chi connectivity index (χ0n) is 11.5. The van der Waals surface area contributed by atoms with Gasteiger partial charge in [-0.25, -0.2) is 0 Å². The van der Waals surface area contributed by atoms with Crippen LogP contribution in [0, 0.1) is 11.3 Å². The molecule has 3 heteroatoms. The van der Waals surface area contributed by atoms with E-state index in [4.69, 9.17) is 5.26 Å². The molecule has 0 aliphatic carbocycles. The molecule has 2 saturated heterocycles. The van der Waals surface area contributed by atoms with E-state index >= 15 is 0 Å². The van der Waals surface area contributed by atoms with Crippen molar-refractivity contribution in [1.82, 2.24) is 9.80 Å². The van der Waals surface area contributed by atoms with Gasteiger partial charge in [-0.3, -0.25) is 9.80 Å². The number of likely N-dealkylation sites (tertiary alicyclic amines) is 1. The molecule has 1 aromatic carbocycles. The van der Waals surface area contributed by atoms with E-state index in [9.17, 15) is 0 Å². The lowest BCUT2D eigenvalue weighted by Gasteiger charge is -2.25. The highest BCUT2D eigenvalue weighted by molar-refractivity contribution is 5.31. The number of hydrogen-bond donors (Lipinski definition) is 0. The first-order valence-corrected chi connectivity index (χ1v) is 7.19. The Morgan fingerprint density at radius 3 is 2.63 bits per heavy atom. The van der Waals surface area contributed by atoms with E-state index < -0.39 is 0 Å².